The van der Waals surface area contributed by atoms with Crippen molar-refractivity contribution in [2.75, 3.05) is 32.1 Å². The molecule has 2 nitrogen and oxygen atoms in total. The number of likely N-dealkylation sites (tertiary alicyclic amines) is 1. The molecule has 1 aliphatic heterocycles. The van der Waals surface area contributed by atoms with Crippen LogP contribution in [0.25, 0.3) is 0 Å². The summed E-state index contributed by atoms with van der Waals surface area (Å²) in [6.45, 7) is 3.36. The summed E-state index contributed by atoms with van der Waals surface area (Å²) in [5, 5.41) is 1.02. The first-order valence-corrected chi connectivity index (χ1v) is 7.31. The van der Waals surface area contributed by atoms with E-state index in [1.54, 1.807) is 0 Å². The maximum atomic E-state index is 5.41. The molecule has 0 aliphatic carbocycles. The number of hydrogen-bond acceptors (Lipinski definition) is 2. The van der Waals surface area contributed by atoms with Crippen LogP contribution >= 0.6 is 15.9 Å². The molecule has 2 rings (SSSR count). The van der Waals surface area contributed by atoms with Gasteiger partial charge in [-0.15, -0.1) is 0 Å². The summed E-state index contributed by atoms with van der Waals surface area (Å²) in [5.74, 6) is 0.576. The van der Waals surface area contributed by atoms with Crippen LogP contribution in [0.1, 0.15) is 17.9 Å². The van der Waals surface area contributed by atoms with Gasteiger partial charge in [0.25, 0.3) is 0 Å². The lowest BCUT2D eigenvalue weighted by Gasteiger charge is -2.22. The van der Waals surface area contributed by atoms with E-state index >= 15 is 0 Å². The van der Waals surface area contributed by atoms with Crippen LogP contribution in [0.3, 0.4) is 0 Å². The van der Waals surface area contributed by atoms with Gasteiger partial charge < -0.3 is 9.64 Å². The van der Waals surface area contributed by atoms with Gasteiger partial charge in [-0.2, -0.15) is 0 Å². The van der Waals surface area contributed by atoms with Crippen molar-refractivity contribution in [2.24, 2.45) is 0 Å². The van der Waals surface area contributed by atoms with Crippen molar-refractivity contribution in [3.8, 4) is 0 Å². The lowest BCUT2D eigenvalue weighted by molar-refractivity contribution is 0.107. The minimum atomic E-state index is 0.432. The summed E-state index contributed by atoms with van der Waals surface area (Å²) >= 11 is 3.63. The van der Waals surface area contributed by atoms with Crippen LogP contribution in [0.4, 0.5) is 0 Å². The van der Waals surface area contributed by atoms with Crippen LogP contribution in [0.15, 0.2) is 30.3 Å². The van der Waals surface area contributed by atoms with Gasteiger partial charge in [-0.3, -0.25) is 0 Å². The fourth-order valence-electron chi connectivity index (χ4n) is 2.44. The molecule has 1 saturated heterocycles. The number of halogens is 1. The summed E-state index contributed by atoms with van der Waals surface area (Å²) in [4.78, 5) is 2.51. The van der Waals surface area contributed by atoms with Gasteiger partial charge in [0.1, 0.15) is 0 Å². The van der Waals surface area contributed by atoms with Gasteiger partial charge in [0.15, 0.2) is 0 Å². The van der Waals surface area contributed by atoms with Crippen molar-refractivity contribution in [1.82, 2.24) is 4.90 Å². The van der Waals surface area contributed by atoms with Crippen molar-refractivity contribution in [2.45, 2.75) is 18.4 Å². The lowest BCUT2D eigenvalue weighted by atomic mass is 10.0. The van der Waals surface area contributed by atoms with E-state index in [4.69, 9.17) is 4.74 Å². The van der Waals surface area contributed by atoms with Crippen molar-refractivity contribution in [3.63, 3.8) is 0 Å². The summed E-state index contributed by atoms with van der Waals surface area (Å²) in [5.41, 5.74) is 1.42. The van der Waals surface area contributed by atoms with E-state index in [2.05, 4.69) is 51.2 Å². The van der Waals surface area contributed by atoms with E-state index in [1.807, 2.05) is 7.11 Å². The molecule has 3 heteroatoms. The second-order valence-electron chi connectivity index (χ2n) is 4.67. The number of alkyl halides is 1. The van der Waals surface area contributed by atoms with E-state index in [-0.39, 0.29) is 0 Å². The van der Waals surface area contributed by atoms with Gasteiger partial charge in [-0.1, -0.05) is 46.3 Å². The summed E-state index contributed by atoms with van der Waals surface area (Å²) in [7, 11) is 1.81. The fraction of sp³-hybridized carbons (Fsp3) is 0.571. The highest BCUT2D eigenvalue weighted by atomic mass is 79.9. The normalized spacial score (nSPS) is 22.8. The van der Waals surface area contributed by atoms with Crippen LogP contribution in [-0.2, 0) is 4.74 Å². The Bertz CT molecular complexity index is 330. The highest BCUT2D eigenvalue weighted by Gasteiger charge is 2.24. The number of rotatable bonds is 5. The van der Waals surface area contributed by atoms with E-state index < -0.39 is 0 Å². The van der Waals surface area contributed by atoms with Crippen molar-refractivity contribution in [3.05, 3.63) is 35.9 Å². The fourth-order valence-corrected chi connectivity index (χ4v) is 3.01. The zero-order chi connectivity index (χ0) is 12.1. The molecule has 1 heterocycles. The van der Waals surface area contributed by atoms with Crippen molar-refractivity contribution in [1.29, 1.82) is 0 Å². The lowest BCUT2D eigenvalue weighted by Crippen LogP contribution is -2.28. The quantitative estimate of drug-likeness (QED) is 0.775. The number of nitrogens with zero attached hydrogens (tertiary/aromatic N) is 1. The first-order valence-electron chi connectivity index (χ1n) is 6.19. The SMILES string of the molecule is COC1CCN(CC(CBr)c2ccccc2)C1. The maximum Gasteiger partial charge on any atom is 0.0710 e. The third kappa shape index (κ3) is 3.54. The van der Waals surface area contributed by atoms with Gasteiger partial charge in [0, 0.05) is 38.0 Å². The minimum absolute atomic E-state index is 0.432. The van der Waals surface area contributed by atoms with E-state index in [0.717, 1.165) is 25.0 Å². The number of hydrogen-bond donors (Lipinski definition) is 0. The molecule has 2 atom stereocenters. The summed E-state index contributed by atoms with van der Waals surface area (Å²) < 4.78 is 5.41. The highest BCUT2D eigenvalue weighted by molar-refractivity contribution is 9.09. The Kier molecular flexibility index (Phi) is 5.01. The molecule has 0 spiro atoms. The van der Waals surface area contributed by atoms with Gasteiger partial charge in [-0.25, -0.2) is 0 Å². The van der Waals surface area contributed by atoms with Gasteiger partial charge in [0.05, 0.1) is 6.10 Å². The monoisotopic (exact) mass is 297 g/mol. The van der Waals surface area contributed by atoms with Crippen LogP contribution in [0.5, 0.6) is 0 Å². The molecule has 0 bridgehead atoms. The smallest absolute Gasteiger partial charge is 0.0710 e. The number of ether oxygens (including phenoxy) is 1. The van der Waals surface area contributed by atoms with E-state index in [0.29, 0.717) is 12.0 Å². The third-order valence-electron chi connectivity index (χ3n) is 3.50. The Labute approximate surface area is 112 Å². The van der Waals surface area contributed by atoms with Gasteiger partial charge >= 0.3 is 0 Å². The first kappa shape index (κ1) is 13.1. The van der Waals surface area contributed by atoms with Crippen molar-refractivity contribution >= 4 is 15.9 Å². The maximum absolute atomic E-state index is 5.41. The average molecular weight is 298 g/mol. The average Bonchev–Trinajstić information content (AvgIpc) is 2.84. The largest absolute Gasteiger partial charge is 0.380 e. The summed E-state index contributed by atoms with van der Waals surface area (Å²) in [6.07, 6.45) is 1.60. The Balaban J connectivity index is 1.92. The molecule has 0 saturated carbocycles. The molecule has 1 aromatic carbocycles. The highest BCUT2D eigenvalue weighted by Crippen LogP contribution is 2.22. The predicted octanol–water partition coefficient (Wildman–Crippen LogP) is 2.89. The van der Waals surface area contributed by atoms with Crippen LogP contribution in [-0.4, -0.2) is 43.1 Å². The molecule has 2 unspecified atom stereocenters. The second kappa shape index (κ2) is 6.53. The second-order valence-corrected chi connectivity index (χ2v) is 5.32. The van der Waals surface area contributed by atoms with Gasteiger partial charge in [-0.05, 0) is 12.0 Å². The number of benzene rings is 1. The molecule has 0 N–H and O–H groups in total. The number of methoxy groups -OCH3 is 1. The molecule has 0 aromatic heterocycles. The molecular weight excluding hydrogens is 278 g/mol. The molecular formula is C14H20BrNO. The zero-order valence-corrected chi connectivity index (χ0v) is 11.9. The zero-order valence-electron chi connectivity index (χ0n) is 10.3. The Morgan fingerprint density at radius 3 is 2.76 bits per heavy atom. The molecule has 0 amide bonds. The Hall–Kier alpha value is -0.380. The minimum Gasteiger partial charge on any atom is -0.380 e. The van der Waals surface area contributed by atoms with Crippen LogP contribution < -0.4 is 0 Å². The molecule has 1 aromatic rings. The Morgan fingerprint density at radius 1 is 1.41 bits per heavy atom. The molecule has 17 heavy (non-hydrogen) atoms. The molecule has 1 aliphatic rings. The third-order valence-corrected chi connectivity index (χ3v) is 4.28. The molecule has 1 fully saturated rings. The van der Waals surface area contributed by atoms with E-state index in [9.17, 15) is 0 Å². The standard InChI is InChI=1S/C14H20BrNO/c1-17-14-7-8-16(11-14)10-13(9-15)12-5-3-2-4-6-12/h2-6,13-14H,7-11H2,1H3. The molecule has 94 valence electrons. The molecule has 0 radical (unpaired) electrons. The Morgan fingerprint density at radius 2 is 2.18 bits per heavy atom. The topological polar surface area (TPSA) is 12.5 Å². The van der Waals surface area contributed by atoms with Crippen molar-refractivity contribution < 1.29 is 4.74 Å². The van der Waals surface area contributed by atoms with Crippen LogP contribution in [0, 0.1) is 0 Å². The van der Waals surface area contributed by atoms with Gasteiger partial charge in [0.2, 0.25) is 0 Å². The van der Waals surface area contributed by atoms with E-state index in [1.165, 1.54) is 12.0 Å². The predicted molar refractivity (Wildman–Crippen MR) is 74.8 cm³/mol. The first-order chi connectivity index (χ1) is 8.33. The van der Waals surface area contributed by atoms with Crippen LogP contribution in [0.2, 0.25) is 0 Å². The summed E-state index contributed by atoms with van der Waals surface area (Å²) in [6, 6.07) is 10.7.